The highest BCUT2D eigenvalue weighted by molar-refractivity contribution is 8.01. The number of hydrogen-bond acceptors (Lipinski definition) is 8. The second kappa shape index (κ2) is 11.5. The molecule has 0 unspecified atom stereocenters. The lowest BCUT2D eigenvalue weighted by Gasteiger charge is -2.23. The van der Waals surface area contributed by atoms with Crippen LogP contribution in [0.5, 0.6) is 0 Å². The number of nitro benzene ring substituents is 1. The molecule has 11 heteroatoms. The van der Waals surface area contributed by atoms with Crippen LogP contribution in [0, 0.1) is 15.9 Å². The van der Waals surface area contributed by atoms with E-state index in [0.717, 1.165) is 19.4 Å². The van der Waals surface area contributed by atoms with Crippen LogP contribution < -0.4 is 10.2 Å². The molecule has 0 radical (unpaired) electrons. The molecule has 1 heterocycles. The van der Waals surface area contributed by atoms with E-state index in [-0.39, 0.29) is 23.9 Å². The van der Waals surface area contributed by atoms with Crippen molar-refractivity contribution in [2.75, 3.05) is 22.5 Å². The molecule has 32 heavy (non-hydrogen) atoms. The number of nitrogens with zero attached hydrogens (tertiary/aromatic N) is 4. The number of amides is 1. The van der Waals surface area contributed by atoms with Gasteiger partial charge in [0.2, 0.25) is 11.0 Å². The fraction of sp³-hybridized carbons (Fsp3) is 0.286. The monoisotopic (exact) mass is 475 g/mol. The number of nitrogens with one attached hydrogen (secondary N) is 1. The van der Waals surface area contributed by atoms with Crippen molar-refractivity contribution in [1.82, 2.24) is 10.2 Å². The van der Waals surface area contributed by atoms with Crippen molar-refractivity contribution < 1.29 is 14.1 Å². The molecule has 1 N–H and O–H groups in total. The van der Waals surface area contributed by atoms with Gasteiger partial charge >= 0.3 is 0 Å². The molecule has 0 fully saturated rings. The van der Waals surface area contributed by atoms with Gasteiger partial charge in [0.25, 0.3) is 5.69 Å². The highest BCUT2D eigenvalue weighted by Crippen LogP contribution is 2.27. The molecule has 0 atom stereocenters. The maximum atomic E-state index is 13.4. The van der Waals surface area contributed by atoms with E-state index in [1.54, 1.807) is 12.1 Å². The summed E-state index contributed by atoms with van der Waals surface area (Å²) in [6, 6.07) is 11.7. The van der Waals surface area contributed by atoms with Crippen molar-refractivity contribution in [3.63, 3.8) is 0 Å². The van der Waals surface area contributed by atoms with Crippen molar-refractivity contribution in [3.8, 4) is 0 Å². The SMILES string of the molecule is CCCCNc1nnc(SCC(=O)N(Cc2cccc([N+](=O)[O-])c2)c2ccc(F)cc2)s1. The zero-order valence-corrected chi connectivity index (χ0v) is 19.0. The second-order valence-corrected chi connectivity index (χ2v) is 9.03. The fourth-order valence-corrected chi connectivity index (χ4v) is 4.46. The van der Waals surface area contributed by atoms with E-state index in [4.69, 9.17) is 0 Å². The Hall–Kier alpha value is -3.05. The molecule has 0 spiro atoms. The van der Waals surface area contributed by atoms with Crippen molar-refractivity contribution in [2.45, 2.75) is 30.6 Å². The molecule has 0 saturated heterocycles. The number of rotatable bonds is 11. The smallest absolute Gasteiger partial charge is 0.269 e. The van der Waals surface area contributed by atoms with Crippen LogP contribution in [-0.2, 0) is 11.3 Å². The van der Waals surface area contributed by atoms with Gasteiger partial charge in [-0.15, -0.1) is 10.2 Å². The van der Waals surface area contributed by atoms with Gasteiger partial charge in [0.1, 0.15) is 5.82 Å². The van der Waals surface area contributed by atoms with Crippen LogP contribution in [0.25, 0.3) is 0 Å². The van der Waals surface area contributed by atoms with E-state index in [1.165, 1.54) is 64.4 Å². The summed E-state index contributed by atoms with van der Waals surface area (Å²) >= 11 is 2.64. The lowest BCUT2D eigenvalue weighted by molar-refractivity contribution is -0.384. The number of carbonyl (C=O) groups excluding carboxylic acids is 1. The Morgan fingerprint density at radius 3 is 2.75 bits per heavy atom. The molecule has 0 aliphatic rings. The van der Waals surface area contributed by atoms with Gasteiger partial charge in [0.15, 0.2) is 4.34 Å². The minimum atomic E-state index is -0.481. The predicted octanol–water partition coefficient (Wildman–Crippen LogP) is 5.12. The van der Waals surface area contributed by atoms with E-state index >= 15 is 0 Å². The third-order valence-electron chi connectivity index (χ3n) is 4.43. The predicted molar refractivity (Wildman–Crippen MR) is 125 cm³/mol. The Morgan fingerprint density at radius 1 is 1.25 bits per heavy atom. The molecule has 1 aromatic heterocycles. The zero-order chi connectivity index (χ0) is 22.9. The zero-order valence-electron chi connectivity index (χ0n) is 17.4. The first-order chi connectivity index (χ1) is 15.5. The number of nitro groups is 1. The maximum absolute atomic E-state index is 13.4. The standard InChI is InChI=1S/C21H22FN5O3S2/c1-2-3-11-23-20-24-25-21(32-20)31-14-19(28)26(17-9-7-16(22)8-10-17)13-15-5-4-6-18(12-15)27(29)30/h4-10,12H,2-3,11,13-14H2,1H3,(H,23,24). The van der Waals surface area contributed by atoms with Crippen LogP contribution in [0.4, 0.5) is 20.9 Å². The number of hydrogen-bond donors (Lipinski definition) is 1. The normalized spacial score (nSPS) is 10.7. The summed E-state index contributed by atoms with van der Waals surface area (Å²) in [6.07, 6.45) is 2.11. The average molecular weight is 476 g/mol. The highest BCUT2D eigenvalue weighted by atomic mass is 32.2. The molecule has 0 bridgehead atoms. The molecule has 1 amide bonds. The van der Waals surface area contributed by atoms with Crippen molar-refractivity contribution in [3.05, 3.63) is 70.0 Å². The molecule has 168 valence electrons. The first kappa shape index (κ1) is 23.6. The fourth-order valence-electron chi connectivity index (χ4n) is 2.81. The van der Waals surface area contributed by atoms with Crippen LogP contribution >= 0.6 is 23.1 Å². The van der Waals surface area contributed by atoms with Gasteiger partial charge in [-0.25, -0.2) is 4.39 Å². The topological polar surface area (TPSA) is 101 Å². The summed E-state index contributed by atoms with van der Waals surface area (Å²) < 4.78 is 14.1. The summed E-state index contributed by atoms with van der Waals surface area (Å²) in [5, 5.41) is 23.2. The number of halogens is 1. The summed E-state index contributed by atoms with van der Waals surface area (Å²) in [5.74, 6) is -0.553. The van der Waals surface area contributed by atoms with Crippen LogP contribution in [0.15, 0.2) is 52.9 Å². The van der Waals surface area contributed by atoms with Crippen molar-refractivity contribution in [1.29, 1.82) is 0 Å². The molecule has 8 nitrogen and oxygen atoms in total. The van der Waals surface area contributed by atoms with Gasteiger partial charge in [-0.3, -0.25) is 14.9 Å². The molecule has 3 aromatic rings. The Labute approximate surface area is 193 Å². The van der Waals surface area contributed by atoms with Crippen molar-refractivity contribution >= 4 is 45.5 Å². The second-order valence-electron chi connectivity index (χ2n) is 6.83. The molecular formula is C21H22FN5O3S2. The Morgan fingerprint density at radius 2 is 2.03 bits per heavy atom. The summed E-state index contributed by atoms with van der Waals surface area (Å²) in [7, 11) is 0. The lowest BCUT2D eigenvalue weighted by Crippen LogP contribution is -2.32. The molecule has 2 aromatic carbocycles. The number of aromatic nitrogens is 2. The minimum Gasteiger partial charge on any atom is -0.360 e. The van der Waals surface area contributed by atoms with E-state index in [9.17, 15) is 19.3 Å². The number of benzene rings is 2. The lowest BCUT2D eigenvalue weighted by atomic mass is 10.1. The van der Waals surface area contributed by atoms with Gasteiger partial charge in [0.05, 0.1) is 17.2 Å². The minimum absolute atomic E-state index is 0.0552. The largest absolute Gasteiger partial charge is 0.360 e. The van der Waals surface area contributed by atoms with Gasteiger partial charge < -0.3 is 10.2 Å². The Kier molecular flexibility index (Phi) is 8.51. The average Bonchev–Trinajstić information content (AvgIpc) is 3.25. The molecule has 0 aliphatic heterocycles. The number of anilines is 2. The van der Waals surface area contributed by atoms with Gasteiger partial charge in [-0.05, 0) is 36.2 Å². The summed E-state index contributed by atoms with van der Waals surface area (Å²) in [5.41, 5.74) is 1.04. The quantitative estimate of drug-likeness (QED) is 0.178. The highest BCUT2D eigenvalue weighted by Gasteiger charge is 2.19. The summed E-state index contributed by atoms with van der Waals surface area (Å²) in [4.78, 5) is 25.1. The van der Waals surface area contributed by atoms with Gasteiger partial charge in [0, 0.05) is 24.4 Å². The van der Waals surface area contributed by atoms with Crippen LogP contribution in [0.1, 0.15) is 25.3 Å². The number of unbranched alkanes of at least 4 members (excludes halogenated alkanes) is 1. The molecule has 0 aliphatic carbocycles. The van der Waals surface area contributed by atoms with E-state index in [1.807, 2.05) is 0 Å². The van der Waals surface area contributed by atoms with E-state index in [2.05, 4.69) is 22.4 Å². The maximum Gasteiger partial charge on any atom is 0.269 e. The van der Waals surface area contributed by atoms with Crippen LogP contribution in [0.3, 0.4) is 0 Å². The first-order valence-corrected chi connectivity index (χ1v) is 11.8. The summed E-state index contributed by atoms with van der Waals surface area (Å²) in [6.45, 7) is 3.04. The van der Waals surface area contributed by atoms with Crippen LogP contribution in [0.2, 0.25) is 0 Å². The number of thioether (sulfide) groups is 1. The third-order valence-corrected chi connectivity index (χ3v) is 6.43. The molecular weight excluding hydrogens is 453 g/mol. The van der Waals surface area contributed by atoms with Crippen molar-refractivity contribution in [2.24, 2.45) is 0 Å². The van der Waals surface area contributed by atoms with E-state index < -0.39 is 10.7 Å². The van der Waals surface area contributed by atoms with Gasteiger partial charge in [-0.1, -0.05) is 48.6 Å². The molecule has 0 saturated carbocycles. The number of carbonyl (C=O) groups is 1. The Bertz CT molecular complexity index is 1060. The van der Waals surface area contributed by atoms with Crippen LogP contribution in [-0.4, -0.2) is 33.3 Å². The first-order valence-electron chi connectivity index (χ1n) is 9.95. The van der Waals surface area contributed by atoms with E-state index in [0.29, 0.717) is 20.7 Å². The van der Waals surface area contributed by atoms with Gasteiger partial charge in [-0.2, -0.15) is 0 Å². The third kappa shape index (κ3) is 6.72. The number of non-ortho nitro benzene ring substituents is 1. The molecule has 3 rings (SSSR count). The Balaban J connectivity index is 1.71.